The van der Waals surface area contributed by atoms with Gasteiger partial charge < -0.3 is 5.73 Å². The third kappa shape index (κ3) is 11.5. The van der Waals surface area contributed by atoms with Crippen molar-refractivity contribution in [3.05, 3.63) is 29.3 Å². The highest BCUT2D eigenvalue weighted by Gasteiger charge is 1.99. The van der Waals surface area contributed by atoms with Crippen LogP contribution in [-0.4, -0.2) is 0 Å². The van der Waals surface area contributed by atoms with Crippen LogP contribution in [0.25, 0.3) is 0 Å². The van der Waals surface area contributed by atoms with Crippen molar-refractivity contribution in [2.75, 3.05) is 5.73 Å². The summed E-state index contributed by atoms with van der Waals surface area (Å²) >= 11 is 0. The van der Waals surface area contributed by atoms with Gasteiger partial charge in [-0.25, -0.2) is 0 Å². The molecule has 0 bridgehead atoms. The van der Waals surface area contributed by atoms with Crippen LogP contribution in [0, 0.1) is 6.92 Å². The summed E-state index contributed by atoms with van der Waals surface area (Å²) in [6.45, 7) is 18.6. The van der Waals surface area contributed by atoms with E-state index in [0.717, 1.165) is 11.3 Å². The van der Waals surface area contributed by atoms with E-state index in [0.29, 0.717) is 5.92 Å². The summed E-state index contributed by atoms with van der Waals surface area (Å²) in [6, 6.07) is 6.26. The van der Waals surface area contributed by atoms with E-state index >= 15 is 0 Å². The summed E-state index contributed by atoms with van der Waals surface area (Å²) in [5.74, 6) is 0.567. The number of rotatable bonds is 1. The first-order valence-electron chi connectivity index (χ1n) is 7.38. The lowest BCUT2D eigenvalue weighted by atomic mass is 10.0. The monoisotopic (exact) mass is 253 g/mol. The van der Waals surface area contributed by atoms with Gasteiger partial charge in [-0.1, -0.05) is 73.9 Å². The maximum Gasteiger partial charge on any atom is 0.0346 e. The Balaban J connectivity index is -0.000000274. The van der Waals surface area contributed by atoms with E-state index in [1.807, 2.05) is 34.6 Å². The zero-order valence-corrected chi connectivity index (χ0v) is 14.1. The zero-order chi connectivity index (χ0) is 15.1. The molecule has 0 atom stereocenters. The first-order chi connectivity index (χ1) is 8.52. The summed E-state index contributed by atoms with van der Waals surface area (Å²) in [4.78, 5) is 0. The lowest BCUT2D eigenvalue weighted by Gasteiger charge is -2.07. The maximum absolute atomic E-state index is 5.76. The van der Waals surface area contributed by atoms with E-state index in [1.54, 1.807) is 0 Å². The summed E-state index contributed by atoms with van der Waals surface area (Å²) in [6.07, 6.45) is 1.25. The van der Waals surface area contributed by atoms with Crippen molar-refractivity contribution in [1.29, 1.82) is 0 Å². The molecule has 0 aliphatic heterocycles. The highest BCUT2D eigenvalue weighted by molar-refractivity contribution is 5.48. The number of anilines is 1. The van der Waals surface area contributed by atoms with E-state index in [4.69, 9.17) is 5.73 Å². The molecule has 1 heteroatoms. The molecule has 0 amide bonds. The van der Waals surface area contributed by atoms with Gasteiger partial charge in [-0.15, -0.1) is 0 Å². The van der Waals surface area contributed by atoms with E-state index in [9.17, 15) is 0 Å². The number of benzene rings is 1. The predicted octanol–water partition coefficient (Wildman–Crippen LogP) is 6.17. The average molecular weight is 253 g/mol. The van der Waals surface area contributed by atoms with Crippen LogP contribution in [0.1, 0.15) is 78.9 Å². The normalized spacial score (nSPS) is 8.11. The zero-order valence-electron chi connectivity index (χ0n) is 14.1. The molecule has 0 aromatic heterocycles. The van der Waals surface area contributed by atoms with Crippen molar-refractivity contribution in [2.24, 2.45) is 0 Å². The molecule has 0 fully saturated rings. The summed E-state index contributed by atoms with van der Waals surface area (Å²) < 4.78 is 0. The SMILES string of the molecule is CC.CC.CCC.Cc1ccc(C(C)C)cc1N. The van der Waals surface area contributed by atoms with Gasteiger partial charge in [0.2, 0.25) is 0 Å². The molecule has 0 heterocycles. The number of nitrogens with two attached hydrogens (primary N) is 1. The molecule has 108 valence electrons. The van der Waals surface area contributed by atoms with Crippen LogP contribution in [0.2, 0.25) is 0 Å². The third-order valence-electron chi connectivity index (χ3n) is 1.97. The lowest BCUT2D eigenvalue weighted by molar-refractivity contribution is 0.866. The van der Waals surface area contributed by atoms with Crippen molar-refractivity contribution >= 4 is 5.69 Å². The average Bonchev–Trinajstić information content (AvgIpc) is 2.38. The lowest BCUT2D eigenvalue weighted by Crippen LogP contribution is -1.93. The summed E-state index contributed by atoms with van der Waals surface area (Å²) in [5.41, 5.74) is 9.13. The van der Waals surface area contributed by atoms with Crippen molar-refractivity contribution < 1.29 is 0 Å². The van der Waals surface area contributed by atoms with Crippen LogP contribution in [0.5, 0.6) is 0 Å². The minimum absolute atomic E-state index is 0.567. The predicted molar refractivity (Wildman–Crippen MR) is 88.3 cm³/mol. The van der Waals surface area contributed by atoms with Crippen LogP contribution in [0.4, 0.5) is 5.69 Å². The second kappa shape index (κ2) is 16.0. The third-order valence-corrected chi connectivity index (χ3v) is 1.97. The molecule has 1 aromatic carbocycles. The van der Waals surface area contributed by atoms with Gasteiger partial charge in [0.15, 0.2) is 0 Å². The van der Waals surface area contributed by atoms with Gasteiger partial charge in [0, 0.05) is 5.69 Å². The summed E-state index contributed by atoms with van der Waals surface area (Å²) in [5, 5.41) is 0. The topological polar surface area (TPSA) is 26.0 Å². The minimum atomic E-state index is 0.567. The van der Waals surface area contributed by atoms with Crippen molar-refractivity contribution in [3.63, 3.8) is 0 Å². The fourth-order valence-corrected chi connectivity index (χ4v) is 1.02. The first kappa shape index (κ1) is 22.2. The van der Waals surface area contributed by atoms with Gasteiger partial charge in [-0.2, -0.15) is 0 Å². The van der Waals surface area contributed by atoms with Crippen molar-refractivity contribution in [2.45, 2.75) is 74.7 Å². The molecule has 2 N–H and O–H groups in total. The molecule has 18 heavy (non-hydrogen) atoms. The van der Waals surface area contributed by atoms with E-state index in [-0.39, 0.29) is 0 Å². The fourth-order valence-electron chi connectivity index (χ4n) is 1.02. The Labute approximate surface area is 116 Å². The Morgan fingerprint density at radius 1 is 1.00 bits per heavy atom. The molecule has 0 spiro atoms. The van der Waals surface area contributed by atoms with Crippen LogP contribution in [0.3, 0.4) is 0 Å². The molecule has 0 unspecified atom stereocenters. The number of nitrogen functional groups attached to an aromatic ring is 1. The van der Waals surface area contributed by atoms with Crippen LogP contribution in [0.15, 0.2) is 18.2 Å². The molecular formula is C17H35N. The first-order valence-corrected chi connectivity index (χ1v) is 7.38. The van der Waals surface area contributed by atoms with Gasteiger partial charge in [0.1, 0.15) is 0 Å². The van der Waals surface area contributed by atoms with Gasteiger partial charge in [0.25, 0.3) is 0 Å². The second-order valence-corrected chi connectivity index (χ2v) is 3.98. The Kier molecular flexibility index (Phi) is 19.8. The molecule has 0 aliphatic rings. The van der Waals surface area contributed by atoms with Gasteiger partial charge in [-0.05, 0) is 30.0 Å². The molecule has 1 rings (SSSR count). The smallest absolute Gasteiger partial charge is 0.0346 e. The molecule has 0 radical (unpaired) electrons. The minimum Gasteiger partial charge on any atom is -0.399 e. The molecule has 0 saturated carbocycles. The summed E-state index contributed by atoms with van der Waals surface area (Å²) in [7, 11) is 0. The van der Waals surface area contributed by atoms with E-state index in [2.05, 4.69) is 45.9 Å². The molecule has 0 saturated heterocycles. The molecule has 1 aromatic rings. The van der Waals surface area contributed by atoms with Gasteiger partial charge in [-0.3, -0.25) is 0 Å². The Morgan fingerprint density at radius 2 is 1.39 bits per heavy atom. The molecule has 0 aliphatic carbocycles. The maximum atomic E-state index is 5.76. The van der Waals surface area contributed by atoms with E-state index < -0.39 is 0 Å². The standard InChI is InChI=1S/C10H15N.C3H8.2C2H6/c1-7(2)9-5-4-8(3)10(11)6-9;1-3-2;2*1-2/h4-7H,11H2,1-3H3;3H2,1-2H3;2*1-2H3. The Bertz CT molecular complexity index is 264. The highest BCUT2D eigenvalue weighted by atomic mass is 14.6. The van der Waals surface area contributed by atoms with Crippen molar-refractivity contribution in [1.82, 2.24) is 0 Å². The fraction of sp³-hybridized carbons (Fsp3) is 0.647. The van der Waals surface area contributed by atoms with Crippen molar-refractivity contribution in [3.8, 4) is 0 Å². The van der Waals surface area contributed by atoms with Crippen LogP contribution < -0.4 is 5.73 Å². The molecule has 1 nitrogen and oxygen atoms in total. The number of aryl methyl sites for hydroxylation is 1. The Morgan fingerprint density at radius 3 is 1.67 bits per heavy atom. The second-order valence-electron chi connectivity index (χ2n) is 3.98. The van der Waals surface area contributed by atoms with Crippen LogP contribution >= 0.6 is 0 Å². The number of hydrogen-bond acceptors (Lipinski definition) is 1. The highest BCUT2D eigenvalue weighted by Crippen LogP contribution is 2.19. The Hall–Kier alpha value is -0.980. The van der Waals surface area contributed by atoms with Crippen LogP contribution in [-0.2, 0) is 0 Å². The number of hydrogen-bond donors (Lipinski definition) is 1. The quantitative estimate of drug-likeness (QED) is 0.595. The van der Waals surface area contributed by atoms with Gasteiger partial charge >= 0.3 is 0 Å². The van der Waals surface area contributed by atoms with E-state index in [1.165, 1.54) is 12.0 Å². The largest absolute Gasteiger partial charge is 0.399 e. The molecular weight excluding hydrogens is 218 g/mol. The van der Waals surface area contributed by atoms with Gasteiger partial charge in [0.05, 0.1) is 0 Å².